The first-order valence-electron chi connectivity index (χ1n) is 6.27. The van der Waals surface area contributed by atoms with Crippen molar-refractivity contribution in [3.05, 3.63) is 58.5 Å². The Kier molecular flexibility index (Phi) is 2.90. The average Bonchev–Trinajstić information content (AvgIpc) is 2.90. The van der Waals surface area contributed by atoms with E-state index in [2.05, 4.69) is 9.97 Å². The van der Waals surface area contributed by atoms with Crippen molar-refractivity contribution < 1.29 is 4.92 Å². The topological polar surface area (TPSA) is 73.3 Å². The molecular weight excluding hydrogens is 256 g/mol. The molecule has 0 atom stereocenters. The lowest BCUT2D eigenvalue weighted by molar-refractivity contribution is -0.384. The van der Waals surface area contributed by atoms with E-state index in [1.807, 2.05) is 13.1 Å². The van der Waals surface area contributed by atoms with Crippen molar-refractivity contribution in [1.29, 1.82) is 0 Å². The summed E-state index contributed by atoms with van der Waals surface area (Å²) in [5, 5.41) is 11.2. The highest BCUT2D eigenvalue weighted by molar-refractivity contribution is 5.72. The average molecular weight is 268 g/mol. The van der Waals surface area contributed by atoms with Gasteiger partial charge in [-0.3, -0.25) is 14.5 Å². The van der Waals surface area contributed by atoms with Gasteiger partial charge in [0.15, 0.2) is 0 Å². The highest BCUT2D eigenvalue weighted by Gasteiger charge is 2.17. The summed E-state index contributed by atoms with van der Waals surface area (Å²) in [5.41, 5.74) is 2.26. The van der Waals surface area contributed by atoms with Crippen LogP contribution in [0.15, 0.2) is 42.7 Å². The molecule has 0 aliphatic carbocycles. The Morgan fingerprint density at radius 3 is 2.85 bits per heavy atom. The van der Waals surface area contributed by atoms with Crippen LogP contribution in [0.3, 0.4) is 0 Å². The zero-order valence-corrected chi connectivity index (χ0v) is 10.9. The van der Waals surface area contributed by atoms with Crippen molar-refractivity contribution in [3.63, 3.8) is 0 Å². The van der Waals surface area contributed by atoms with Crippen LogP contribution in [0, 0.1) is 10.1 Å². The summed E-state index contributed by atoms with van der Waals surface area (Å²) in [4.78, 5) is 19.3. The molecule has 0 fully saturated rings. The van der Waals surface area contributed by atoms with Gasteiger partial charge in [-0.25, -0.2) is 9.97 Å². The maximum atomic E-state index is 11.2. The van der Waals surface area contributed by atoms with Crippen LogP contribution >= 0.6 is 0 Å². The number of benzene rings is 1. The van der Waals surface area contributed by atoms with Crippen LogP contribution in [-0.4, -0.2) is 19.3 Å². The second-order valence-electron chi connectivity index (χ2n) is 4.36. The summed E-state index contributed by atoms with van der Waals surface area (Å²) < 4.78 is 1.79. The number of nitrogens with zero attached hydrogens (tertiary/aromatic N) is 4. The Balaban J connectivity index is 2.29. The second kappa shape index (κ2) is 4.73. The fraction of sp³-hybridized carbons (Fsp3) is 0.143. The third kappa shape index (κ3) is 1.91. The van der Waals surface area contributed by atoms with E-state index in [-0.39, 0.29) is 10.6 Å². The molecule has 0 bridgehead atoms. The number of nitro groups is 1. The van der Waals surface area contributed by atoms with Gasteiger partial charge in [0, 0.05) is 18.5 Å². The molecule has 2 aromatic heterocycles. The normalized spacial score (nSPS) is 10.8. The van der Waals surface area contributed by atoms with E-state index in [1.54, 1.807) is 34.9 Å². The van der Waals surface area contributed by atoms with Gasteiger partial charge in [0.25, 0.3) is 5.69 Å². The quantitative estimate of drug-likeness (QED) is 0.540. The van der Waals surface area contributed by atoms with E-state index >= 15 is 0 Å². The largest absolute Gasteiger partial charge is 0.283 e. The lowest BCUT2D eigenvalue weighted by Gasteiger charge is -2.05. The number of fused-ring (bicyclic) bond motifs is 1. The number of para-hydroxylation sites is 1. The summed E-state index contributed by atoms with van der Waals surface area (Å²) in [5.74, 6) is 0.553. The summed E-state index contributed by atoms with van der Waals surface area (Å²) in [6.45, 7) is 2.01. The molecule has 100 valence electrons. The fourth-order valence-electron chi connectivity index (χ4n) is 2.18. The van der Waals surface area contributed by atoms with Crippen molar-refractivity contribution in [1.82, 2.24) is 14.4 Å². The van der Waals surface area contributed by atoms with Crippen molar-refractivity contribution >= 4 is 11.5 Å². The van der Waals surface area contributed by atoms with E-state index in [0.29, 0.717) is 11.3 Å². The highest BCUT2D eigenvalue weighted by Crippen LogP contribution is 2.29. The van der Waals surface area contributed by atoms with Gasteiger partial charge in [-0.2, -0.15) is 0 Å². The third-order valence-electron chi connectivity index (χ3n) is 3.16. The standard InChI is InChI=1S/C14H12N4O2/c1-2-10-9-17-12(7-8-15-14(17)16-10)11-5-3-4-6-13(11)18(19)20/h3-9H,2H2,1H3. The zero-order valence-electron chi connectivity index (χ0n) is 10.9. The van der Waals surface area contributed by atoms with E-state index in [0.717, 1.165) is 17.8 Å². The highest BCUT2D eigenvalue weighted by atomic mass is 16.6. The Bertz CT molecular complexity index is 795. The molecule has 20 heavy (non-hydrogen) atoms. The van der Waals surface area contributed by atoms with Gasteiger partial charge in [-0.1, -0.05) is 19.1 Å². The molecule has 1 aromatic carbocycles. The molecule has 0 aliphatic heterocycles. The first-order valence-corrected chi connectivity index (χ1v) is 6.27. The molecule has 0 N–H and O–H groups in total. The van der Waals surface area contributed by atoms with Crippen LogP contribution in [0.2, 0.25) is 0 Å². The molecule has 2 heterocycles. The Hall–Kier alpha value is -2.76. The molecule has 3 aromatic rings. The van der Waals surface area contributed by atoms with E-state index in [4.69, 9.17) is 0 Å². The Morgan fingerprint density at radius 1 is 1.30 bits per heavy atom. The predicted molar refractivity (Wildman–Crippen MR) is 74.5 cm³/mol. The van der Waals surface area contributed by atoms with Crippen molar-refractivity contribution in [2.45, 2.75) is 13.3 Å². The smallest absolute Gasteiger partial charge is 0.278 e. The van der Waals surface area contributed by atoms with Crippen molar-refractivity contribution in [2.24, 2.45) is 0 Å². The van der Waals surface area contributed by atoms with Crippen LogP contribution < -0.4 is 0 Å². The van der Waals surface area contributed by atoms with Crippen LogP contribution in [0.25, 0.3) is 17.0 Å². The molecule has 6 nitrogen and oxygen atoms in total. The van der Waals surface area contributed by atoms with Gasteiger partial charge < -0.3 is 0 Å². The minimum absolute atomic E-state index is 0.0757. The predicted octanol–water partition coefficient (Wildman–Crippen LogP) is 2.87. The number of aryl methyl sites for hydroxylation is 1. The number of rotatable bonds is 3. The number of nitro benzene ring substituents is 1. The van der Waals surface area contributed by atoms with Crippen LogP contribution in [0.5, 0.6) is 0 Å². The summed E-state index contributed by atoms with van der Waals surface area (Å²) in [6.07, 6.45) is 4.28. The fourth-order valence-corrected chi connectivity index (χ4v) is 2.18. The zero-order chi connectivity index (χ0) is 14.1. The molecular formula is C14H12N4O2. The lowest BCUT2D eigenvalue weighted by Crippen LogP contribution is -1.97. The number of hydrogen-bond acceptors (Lipinski definition) is 4. The summed E-state index contributed by atoms with van der Waals surface area (Å²) in [6, 6.07) is 8.44. The summed E-state index contributed by atoms with van der Waals surface area (Å²) >= 11 is 0. The van der Waals surface area contributed by atoms with Gasteiger partial charge >= 0.3 is 0 Å². The van der Waals surface area contributed by atoms with Gasteiger partial charge in [0.2, 0.25) is 5.78 Å². The lowest BCUT2D eigenvalue weighted by atomic mass is 10.1. The minimum Gasteiger partial charge on any atom is -0.283 e. The van der Waals surface area contributed by atoms with E-state index < -0.39 is 0 Å². The van der Waals surface area contributed by atoms with E-state index in [1.165, 1.54) is 6.07 Å². The number of imidazole rings is 1. The maximum Gasteiger partial charge on any atom is 0.278 e. The second-order valence-corrected chi connectivity index (χ2v) is 4.36. The van der Waals surface area contributed by atoms with Gasteiger partial charge in [-0.05, 0) is 18.6 Å². The van der Waals surface area contributed by atoms with Crippen molar-refractivity contribution in [3.8, 4) is 11.3 Å². The van der Waals surface area contributed by atoms with Crippen molar-refractivity contribution in [2.75, 3.05) is 0 Å². The SMILES string of the molecule is CCc1cn2c(-c3ccccc3[N+](=O)[O-])ccnc2n1. The molecule has 0 saturated heterocycles. The molecule has 0 unspecified atom stereocenters. The summed E-state index contributed by atoms with van der Waals surface area (Å²) in [7, 11) is 0. The van der Waals surface area contributed by atoms with E-state index in [9.17, 15) is 10.1 Å². The van der Waals surface area contributed by atoms with Crippen LogP contribution in [0.1, 0.15) is 12.6 Å². The first-order chi connectivity index (χ1) is 9.70. The molecule has 3 rings (SSSR count). The van der Waals surface area contributed by atoms with Crippen LogP contribution in [-0.2, 0) is 6.42 Å². The molecule has 0 amide bonds. The maximum absolute atomic E-state index is 11.2. The van der Waals surface area contributed by atoms with Gasteiger partial charge in [0.05, 0.1) is 21.9 Å². The van der Waals surface area contributed by atoms with Gasteiger partial charge in [-0.15, -0.1) is 0 Å². The number of aromatic nitrogens is 3. The Morgan fingerprint density at radius 2 is 2.10 bits per heavy atom. The third-order valence-corrected chi connectivity index (χ3v) is 3.16. The number of hydrogen-bond donors (Lipinski definition) is 0. The molecule has 0 aliphatic rings. The van der Waals surface area contributed by atoms with Crippen LogP contribution in [0.4, 0.5) is 5.69 Å². The molecule has 0 radical (unpaired) electrons. The molecule has 6 heteroatoms. The van der Waals surface area contributed by atoms with Gasteiger partial charge in [0.1, 0.15) is 0 Å². The Labute approximate surface area is 114 Å². The minimum atomic E-state index is -0.376. The first kappa shape index (κ1) is 12.3. The molecule has 0 spiro atoms. The monoisotopic (exact) mass is 268 g/mol. The molecule has 0 saturated carbocycles.